The Labute approximate surface area is 115 Å². The molecule has 1 aliphatic rings. The van der Waals surface area contributed by atoms with Gasteiger partial charge in [0.15, 0.2) is 0 Å². The van der Waals surface area contributed by atoms with Crippen LogP contribution in [0.15, 0.2) is 12.1 Å². The summed E-state index contributed by atoms with van der Waals surface area (Å²) >= 11 is 0. The summed E-state index contributed by atoms with van der Waals surface area (Å²) < 4.78 is 0. The molecule has 2 rings (SSSR count). The molecule has 0 aliphatic heterocycles. The van der Waals surface area contributed by atoms with Crippen molar-refractivity contribution in [1.82, 2.24) is 10.3 Å². The van der Waals surface area contributed by atoms with E-state index in [2.05, 4.69) is 15.6 Å². The smallest absolute Gasteiger partial charge is 0.251 e. The standard InChI is InChI=1S/C15H23N3O/c1-11-9-12(10-14(16-2)17-11)15(19)18-13-7-5-3-4-6-8-13/h9-10,13H,3-8H2,1-2H3,(H,16,17)(H,18,19). The fourth-order valence-corrected chi connectivity index (χ4v) is 2.62. The monoisotopic (exact) mass is 261 g/mol. The van der Waals surface area contributed by atoms with Gasteiger partial charge in [0.2, 0.25) is 0 Å². The molecular weight excluding hydrogens is 238 g/mol. The van der Waals surface area contributed by atoms with Gasteiger partial charge in [0.25, 0.3) is 5.91 Å². The van der Waals surface area contributed by atoms with Crippen LogP contribution >= 0.6 is 0 Å². The molecule has 4 nitrogen and oxygen atoms in total. The number of carbonyl (C=O) groups is 1. The van der Waals surface area contributed by atoms with E-state index in [-0.39, 0.29) is 5.91 Å². The zero-order chi connectivity index (χ0) is 13.7. The Balaban J connectivity index is 2.04. The molecule has 1 heterocycles. The molecule has 19 heavy (non-hydrogen) atoms. The maximum absolute atomic E-state index is 12.3. The molecule has 1 aliphatic carbocycles. The van der Waals surface area contributed by atoms with Gasteiger partial charge in [-0.25, -0.2) is 4.98 Å². The minimum absolute atomic E-state index is 0.0221. The van der Waals surface area contributed by atoms with Crippen molar-refractivity contribution in [3.05, 3.63) is 23.4 Å². The predicted molar refractivity (Wildman–Crippen MR) is 77.5 cm³/mol. The van der Waals surface area contributed by atoms with Gasteiger partial charge in [-0.15, -0.1) is 0 Å². The number of amides is 1. The molecule has 1 saturated carbocycles. The Hall–Kier alpha value is -1.58. The third-order valence-corrected chi connectivity index (χ3v) is 3.66. The van der Waals surface area contributed by atoms with Crippen LogP contribution in [0.4, 0.5) is 5.82 Å². The molecule has 4 heteroatoms. The average Bonchev–Trinajstić information content (AvgIpc) is 2.66. The number of nitrogens with one attached hydrogen (secondary N) is 2. The van der Waals surface area contributed by atoms with Gasteiger partial charge >= 0.3 is 0 Å². The zero-order valence-electron chi connectivity index (χ0n) is 11.8. The molecule has 1 aromatic rings. The SMILES string of the molecule is CNc1cc(C(=O)NC2CCCCCC2)cc(C)n1. The van der Waals surface area contributed by atoms with Gasteiger partial charge in [-0.05, 0) is 31.9 Å². The highest BCUT2D eigenvalue weighted by Gasteiger charge is 2.16. The molecule has 2 N–H and O–H groups in total. The highest BCUT2D eigenvalue weighted by atomic mass is 16.1. The first-order chi connectivity index (χ1) is 9.19. The fraction of sp³-hybridized carbons (Fsp3) is 0.600. The quantitative estimate of drug-likeness (QED) is 0.823. The van der Waals surface area contributed by atoms with E-state index in [1.807, 2.05) is 20.0 Å². The van der Waals surface area contributed by atoms with E-state index in [0.29, 0.717) is 11.6 Å². The Bertz CT molecular complexity index is 437. The summed E-state index contributed by atoms with van der Waals surface area (Å²) in [5.41, 5.74) is 1.55. The maximum Gasteiger partial charge on any atom is 0.251 e. The Morgan fingerprint density at radius 3 is 2.53 bits per heavy atom. The zero-order valence-corrected chi connectivity index (χ0v) is 11.8. The first kappa shape index (κ1) is 13.8. The lowest BCUT2D eigenvalue weighted by atomic mass is 10.1. The molecule has 1 amide bonds. The van der Waals surface area contributed by atoms with Gasteiger partial charge in [0.1, 0.15) is 5.82 Å². The molecule has 0 atom stereocenters. The van der Waals surface area contributed by atoms with Crippen molar-refractivity contribution in [3.63, 3.8) is 0 Å². The maximum atomic E-state index is 12.3. The van der Waals surface area contributed by atoms with Crippen molar-refractivity contribution in [2.24, 2.45) is 0 Å². The fourth-order valence-electron chi connectivity index (χ4n) is 2.62. The minimum Gasteiger partial charge on any atom is -0.373 e. The number of pyridine rings is 1. The molecule has 0 aromatic carbocycles. The lowest BCUT2D eigenvalue weighted by molar-refractivity contribution is 0.0933. The van der Waals surface area contributed by atoms with Crippen molar-refractivity contribution < 1.29 is 4.79 Å². The van der Waals surface area contributed by atoms with Crippen LogP contribution < -0.4 is 10.6 Å². The highest BCUT2D eigenvalue weighted by molar-refractivity contribution is 5.95. The number of rotatable bonds is 3. The molecule has 104 valence electrons. The van der Waals surface area contributed by atoms with Crippen molar-refractivity contribution in [2.45, 2.75) is 51.5 Å². The number of aromatic nitrogens is 1. The van der Waals surface area contributed by atoms with Crippen LogP contribution in [0.3, 0.4) is 0 Å². The second kappa shape index (κ2) is 6.55. The van der Waals surface area contributed by atoms with Gasteiger partial charge in [-0.3, -0.25) is 4.79 Å². The third-order valence-electron chi connectivity index (χ3n) is 3.66. The molecule has 0 radical (unpaired) electrons. The third kappa shape index (κ3) is 3.94. The molecule has 1 fully saturated rings. The largest absolute Gasteiger partial charge is 0.373 e. The van der Waals surface area contributed by atoms with Crippen molar-refractivity contribution in [1.29, 1.82) is 0 Å². The number of aryl methyl sites for hydroxylation is 1. The van der Waals surface area contributed by atoms with Crippen molar-refractivity contribution >= 4 is 11.7 Å². The van der Waals surface area contributed by atoms with Crippen LogP contribution in [0.1, 0.15) is 54.6 Å². The van der Waals surface area contributed by atoms with Crippen LogP contribution in [0.5, 0.6) is 0 Å². The lowest BCUT2D eigenvalue weighted by Crippen LogP contribution is -2.34. The van der Waals surface area contributed by atoms with Crippen LogP contribution in [-0.2, 0) is 0 Å². The number of nitrogens with zero attached hydrogens (tertiary/aromatic N) is 1. The molecular formula is C15H23N3O. The number of anilines is 1. The van der Waals surface area contributed by atoms with E-state index >= 15 is 0 Å². The summed E-state index contributed by atoms with van der Waals surface area (Å²) in [6, 6.07) is 3.98. The summed E-state index contributed by atoms with van der Waals surface area (Å²) in [7, 11) is 1.81. The number of carbonyl (C=O) groups excluding carboxylic acids is 1. The second-order valence-corrected chi connectivity index (χ2v) is 5.29. The van der Waals surface area contributed by atoms with E-state index in [1.165, 1.54) is 25.7 Å². The van der Waals surface area contributed by atoms with E-state index in [4.69, 9.17) is 0 Å². The van der Waals surface area contributed by atoms with Gasteiger partial charge < -0.3 is 10.6 Å². The number of hydrogen-bond acceptors (Lipinski definition) is 3. The summed E-state index contributed by atoms with van der Waals surface area (Å²) in [5.74, 6) is 0.764. The first-order valence-electron chi connectivity index (χ1n) is 7.16. The Kier molecular flexibility index (Phi) is 4.77. The molecule has 0 saturated heterocycles. The van der Waals surface area contributed by atoms with E-state index in [9.17, 15) is 4.79 Å². The van der Waals surface area contributed by atoms with Crippen LogP contribution in [-0.4, -0.2) is 24.0 Å². The molecule has 0 bridgehead atoms. The van der Waals surface area contributed by atoms with Crippen molar-refractivity contribution in [3.8, 4) is 0 Å². The molecule has 0 unspecified atom stereocenters. The van der Waals surface area contributed by atoms with Crippen LogP contribution in [0.25, 0.3) is 0 Å². The van der Waals surface area contributed by atoms with E-state index in [0.717, 1.165) is 24.4 Å². The Morgan fingerprint density at radius 1 is 1.21 bits per heavy atom. The molecule has 0 spiro atoms. The van der Waals surface area contributed by atoms with Crippen molar-refractivity contribution in [2.75, 3.05) is 12.4 Å². The first-order valence-corrected chi connectivity index (χ1v) is 7.16. The summed E-state index contributed by atoms with van der Waals surface area (Å²) in [4.78, 5) is 16.6. The topological polar surface area (TPSA) is 54.0 Å². The summed E-state index contributed by atoms with van der Waals surface area (Å²) in [5, 5.41) is 6.14. The summed E-state index contributed by atoms with van der Waals surface area (Å²) in [6.07, 6.45) is 7.25. The highest BCUT2D eigenvalue weighted by Crippen LogP contribution is 2.18. The summed E-state index contributed by atoms with van der Waals surface area (Å²) in [6.45, 7) is 1.91. The average molecular weight is 261 g/mol. The number of hydrogen-bond donors (Lipinski definition) is 2. The van der Waals surface area contributed by atoms with E-state index < -0.39 is 0 Å². The van der Waals surface area contributed by atoms with Gasteiger partial charge in [-0.1, -0.05) is 25.7 Å². The predicted octanol–water partition coefficient (Wildman–Crippen LogP) is 2.88. The second-order valence-electron chi connectivity index (χ2n) is 5.29. The van der Waals surface area contributed by atoms with Crippen LogP contribution in [0, 0.1) is 6.92 Å². The Morgan fingerprint density at radius 2 is 1.89 bits per heavy atom. The van der Waals surface area contributed by atoms with Gasteiger partial charge in [0.05, 0.1) is 0 Å². The normalized spacial score (nSPS) is 16.7. The molecule has 1 aromatic heterocycles. The van der Waals surface area contributed by atoms with Gasteiger partial charge in [0, 0.05) is 24.3 Å². The van der Waals surface area contributed by atoms with E-state index in [1.54, 1.807) is 6.07 Å². The lowest BCUT2D eigenvalue weighted by Gasteiger charge is -2.16. The minimum atomic E-state index is 0.0221. The van der Waals surface area contributed by atoms with Gasteiger partial charge in [-0.2, -0.15) is 0 Å². The van der Waals surface area contributed by atoms with Crippen LogP contribution in [0.2, 0.25) is 0 Å².